The number of aromatic nitrogens is 2. The third-order valence-corrected chi connectivity index (χ3v) is 8.34. The molecule has 3 N–H and O–H groups in total. The quantitative estimate of drug-likeness (QED) is 0.352. The normalized spacial score (nSPS) is 15.0. The molecule has 5 rings (SSSR count). The Labute approximate surface area is 222 Å². The highest BCUT2D eigenvalue weighted by Crippen LogP contribution is 2.39. The number of sulfonamides is 1. The highest BCUT2D eigenvalue weighted by molar-refractivity contribution is 7.92. The molecule has 0 spiro atoms. The second-order valence-electron chi connectivity index (χ2n) is 10.6. The van der Waals surface area contributed by atoms with Gasteiger partial charge in [-0.3, -0.25) is 9.52 Å². The number of anilines is 1. The van der Waals surface area contributed by atoms with Crippen LogP contribution in [0.3, 0.4) is 0 Å². The summed E-state index contributed by atoms with van der Waals surface area (Å²) in [4.78, 5) is 17.7. The zero-order chi connectivity index (χ0) is 27.1. The minimum Gasteiger partial charge on any atom is -0.381 e. The van der Waals surface area contributed by atoms with Crippen LogP contribution in [-0.2, 0) is 20.2 Å². The summed E-state index contributed by atoms with van der Waals surface area (Å²) in [6.45, 7) is 7.39. The van der Waals surface area contributed by atoms with Crippen molar-refractivity contribution in [3.8, 4) is 11.1 Å². The van der Waals surface area contributed by atoms with Gasteiger partial charge in [-0.1, -0.05) is 63.2 Å². The second-order valence-corrected chi connectivity index (χ2v) is 12.3. The minimum absolute atomic E-state index is 0.0110. The number of benzene rings is 2. The molecule has 1 amide bonds. The van der Waals surface area contributed by atoms with E-state index in [4.69, 9.17) is 15.5 Å². The minimum atomic E-state index is -3.89. The van der Waals surface area contributed by atoms with Gasteiger partial charge in [0, 0.05) is 24.8 Å². The van der Waals surface area contributed by atoms with Crippen LogP contribution in [0, 0.1) is 0 Å². The van der Waals surface area contributed by atoms with Crippen LogP contribution in [0.1, 0.15) is 55.7 Å². The fourth-order valence-corrected chi connectivity index (χ4v) is 6.01. The standard InChI is InChI=1S/C29H32N4O4S/c1-29(2,3)20-9-11-22(12-10-20)38(35,36)32-24-14-13-23-26(31-24)25(19-7-5-4-6-8-19)27(28(30)34)33(23)21-15-17-37-18-16-21/h4-14,21H,15-18H2,1-3H3,(H2,30,34)(H,31,32). The zero-order valence-electron chi connectivity index (χ0n) is 21.8. The van der Waals surface area contributed by atoms with Crippen molar-refractivity contribution in [3.63, 3.8) is 0 Å². The summed E-state index contributed by atoms with van der Waals surface area (Å²) in [5, 5.41) is 0. The fraction of sp³-hybridized carbons (Fsp3) is 0.310. The number of hydrogen-bond acceptors (Lipinski definition) is 5. The molecule has 9 heteroatoms. The molecule has 1 saturated heterocycles. The van der Waals surface area contributed by atoms with Crippen LogP contribution in [0.4, 0.5) is 5.82 Å². The Morgan fingerprint density at radius 1 is 1.00 bits per heavy atom. The van der Waals surface area contributed by atoms with Gasteiger partial charge in [0.05, 0.1) is 15.9 Å². The average Bonchev–Trinajstić information content (AvgIpc) is 3.24. The number of carbonyl (C=O) groups is 1. The molecule has 1 aliphatic heterocycles. The number of primary amides is 1. The van der Waals surface area contributed by atoms with Gasteiger partial charge >= 0.3 is 0 Å². The van der Waals surface area contributed by atoms with Crippen molar-refractivity contribution in [1.82, 2.24) is 9.55 Å². The van der Waals surface area contributed by atoms with Crippen LogP contribution in [0.25, 0.3) is 22.2 Å². The van der Waals surface area contributed by atoms with E-state index in [2.05, 4.69) is 25.5 Å². The summed E-state index contributed by atoms with van der Waals surface area (Å²) in [5.41, 5.74) is 9.87. The highest BCUT2D eigenvalue weighted by Gasteiger charge is 2.29. The maximum atomic E-state index is 13.2. The molecular weight excluding hydrogens is 500 g/mol. The average molecular weight is 533 g/mol. The Morgan fingerprint density at radius 2 is 1.66 bits per heavy atom. The molecule has 2 aromatic heterocycles. The second kappa shape index (κ2) is 9.89. The monoisotopic (exact) mass is 532 g/mol. The Hall–Kier alpha value is -3.69. The molecule has 0 saturated carbocycles. The number of hydrogen-bond donors (Lipinski definition) is 2. The van der Waals surface area contributed by atoms with Gasteiger partial charge in [0.2, 0.25) is 0 Å². The van der Waals surface area contributed by atoms with Gasteiger partial charge in [-0.05, 0) is 53.6 Å². The molecule has 1 fully saturated rings. The van der Waals surface area contributed by atoms with Crippen molar-refractivity contribution in [3.05, 3.63) is 78.0 Å². The summed E-state index contributed by atoms with van der Waals surface area (Å²) in [7, 11) is -3.89. The molecule has 0 unspecified atom stereocenters. The summed E-state index contributed by atoms with van der Waals surface area (Å²) in [5.74, 6) is -0.399. The predicted octanol–water partition coefficient (Wildman–Crippen LogP) is 5.25. The molecule has 38 heavy (non-hydrogen) atoms. The summed E-state index contributed by atoms with van der Waals surface area (Å²) in [6.07, 6.45) is 1.47. The lowest BCUT2D eigenvalue weighted by molar-refractivity contribution is 0.0692. The number of carbonyl (C=O) groups excluding carboxylic acids is 1. The highest BCUT2D eigenvalue weighted by atomic mass is 32.2. The van der Waals surface area contributed by atoms with Gasteiger partial charge < -0.3 is 15.0 Å². The van der Waals surface area contributed by atoms with E-state index in [1.807, 2.05) is 47.0 Å². The topological polar surface area (TPSA) is 116 Å². The lowest BCUT2D eigenvalue weighted by Crippen LogP contribution is -2.25. The maximum Gasteiger partial charge on any atom is 0.266 e. The van der Waals surface area contributed by atoms with Crippen molar-refractivity contribution in [2.45, 2.75) is 50.0 Å². The number of fused-ring (bicyclic) bond motifs is 1. The molecule has 0 atom stereocenters. The first kappa shape index (κ1) is 25.9. The van der Waals surface area contributed by atoms with E-state index in [9.17, 15) is 13.2 Å². The summed E-state index contributed by atoms with van der Waals surface area (Å²) < 4.78 is 36.6. The van der Waals surface area contributed by atoms with Crippen molar-refractivity contribution in [2.75, 3.05) is 17.9 Å². The first-order valence-electron chi connectivity index (χ1n) is 12.7. The van der Waals surface area contributed by atoms with Crippen molar-refractivity contribution >= 4 is 32.8 Å². The van der Waals surface area contributed by atoms with Gasteiger partial charge in [-0.15, -0.1) is 0 Å². The number of ether oxygens (including phenoxy) is 1. The van der Waals surface area contributed by atoms with Gasteiger partial charge in [-0.25, -0.2) is 13.4 Å². The van der Waals surface area contributed by atoms with Crippen LogP contribution in [0.2, 0.25) is 0 Å². The van der Waals surface area contributed by atoms with E-state index in [-0.39, 0.29) is 22.2 Å². The van der Waals surface area contributed by atoms with Crippen molar-refractivity contribution in [1.29, 1.82) is 0 Å². The molecule has 4 aromatic rings. The van der Waals surface area contributed by atoms with Crippen molar-refractivity contribution < 1.29 is 17.9 Å². The molecule has 3 heterocycles. The largest absolute Gasteiger partial charge is 0.381 e. The Balaban J connectivity index is 1.63. The van der Waals surface area contributed by atoms with Gasteiger partial charge in [-0.2, -0.15) is 0 Å². The van der Waals surface area contributed by atoms with E-state index in [1.165, 1.54) is 0 Å². The predicted molar refractivity (Wildman–Crippen MR) is 149 cm³/mol. The first-order valence-corrected chi connectivity index (χ1v) is 14.2. The van der Waals surface area contributed by atoms with Crippen LogP contribution in [0.15, 0.2) is 71.6 Å². The number of pyridine rings is 1. The number of amides is 1. The van der Waals surface area contributed by atoms with Crippen LogP contribution in [0.5, 0.6) is 0 Å². The number of rotatable bonds is 6. The molecule has 8 nitrogen and oxygen atoms in total. The lowest BCUT2D eigenvalue weighted by atomic mass is 9.87. The molecule has 0 bridgehead atoms. The van der Waals surface area contributed by atoms with Crippen LogP contribution < -0.4 is 10.5 Å². The van der Waals surface area contributed by atoms with E-state index in [0.717, 1.165) is 29.5 Å². The van der Waals surface area contributed by atoms with E-state index < -0.39 is 15.9 Å². The Morgan fingerprint density at radius 3 is 2.26 bits per heavy atom. The number of nitrogens with one attached hydrogen (secondary N) is 1. The first-order chi connectivity index (χ1) is 18.1. The summed E-state index contributed by atoms with van der Waals surface area (Å²) >= 11 is 0. The van der Waals surface area contributed by atoms with E-state index in [1.54, 1.807) is 24.3 Å². The van der Waals surface area contributed by atoms with Gasteiger partial charge in [0.15, 0.2) is 0 Å². The van der Waals surface area contributed by atoms with Crippen molar-refractivity contribution in [2.24, 2.45) is 5.73 Å². The molecule has 0 aliphatic carbocycles. The third-order valence-electron chi connectivity index (χ3n) is 6.97. The fourth-order valence-electron chi connectivity index (χ4n) is 5.01. The SMILES string of the molecule is CC(C)(C)c1ccc(S(=O)(=O)Nc2ccc3c(n2)c(-c2ccccc2)c(C(N)=O)n3C2CCOCC2)cc1. The van der Waals surface area contributed by atoms with Crippen LogP contribution in [-0.4, -0.2) is 37.1 Å². The lowest BCUT2D eigenvalue weighted by Gasteiger charge is -2.26. The van der Waals surface area contributed by atoms with E-state index in [0.29, 0.717) is 30.0 Å². The smallest absolute Gasteiger partial charge is 0.266 e. The molecule has 1 aliphatic rings. The third kappa shape index (κ3) is 4.91. The van der Waals surface area contributed by atoms with Crippen LogP contribution >= 0.6 is 0 Å². The zero-order valence-corrected chi connectivity index (χ0v) is 22.6. The summed E-state index contributed by atoms with van der Waals surface area (Å²) in [6, 6.07) is 19.7. The number of nitrogens with zero attached hydrogens (tertiary/aromatic N) is 2. The number of nitrogens with two attached hydrogens (primary N) is 1. The molecule has 0 radical (unpaired) electrons. The molecule has 198 valence electrons. The van der Waals surface area contributed by atoms with Gasteiger partial charge in [0.25, 0.3) is 15.9 Å². The van der Waals surface area contributed by atoms with E-state index >= 15 is 0 Å². The van der Waals surface area contributed by atoms with Gasteiger partial charge in [0.1, 0.15) is 11.5 Å². The molecular formula is C29H32N4O4S. The Kier molecular flexibility index (Phi) is 6.75. The Bertz CT molecular complexity index is 1580. The molecule has 2 aromatic carbocycles. The maximum absolute atomic E-state index is 13.2.